The molecule has 0 aliphatic rings. The molecule has 0 aliphatic heterocycles. The molecular formula is C26H45N5O2. The highest BCUT2D eigenvalue weighted by Gasteiger charge is 2.10. The van der Waals surface area contributed by atoms with Crippen molar-refractivity contribution in [2.45, 2.75) is 123 Å². The molecule has 0 atom stereocenters. The fourth-order valence-electron chi connectivity index (χ4n) is 4.18. The van der Waals surface area contributed by atoms with Crippen molar-refractivity contribution in [1.82, 2.24) is 19.5 Å². The first-order valence-corrected chi connectivity index (χ1v) is 13.3. The normalized spacial score (nSPS) is 11.3. The molecule has 33 heavy (non-hydrogen) atoms. The Morgan fingerprint density at radius 2 is 1.36 bits per heavy atom. The van der Waals surface area contributed by atoms with Crippen LogP contribution in [0.1, 0.15) is 116 Å². The van der Waals surface area contributed by atoms with Gasteiger partial charge in [0, 0.05) is 6.54 Å². The molecule has 0 fully saturated rings. The van der Waals surface area contributed by atoms with Gasteiger partial charge in [-0.15, -0.1) is 0 Å². The Morgan fingerprint density at radius 1 is 0.818 bits per heavy atom. The Morgan fingerprint density at radius 3 is 1.94 bits per heavy atom. The smallest absolute Gasteiger partial charge is 0.307 e. The van der Waals surface area contributed by atoms with Crippen LogP contribution >= 0.6 is 0 Å². The van der Waals surface area contributed by atoms with Gasteiger partial charge in [0.25, 0.3) is 0 Å². The van der Waals surface area contributed by atoms with Gasteiger partial charge in [-0.3, -0.25) is 4.79 Å². The minimum Gasteiger partial charge on any atom is -0.466 e. The summed E-state index contributed by atoms with van der Waals surface area (Å²) in [5.74, 6) is 0.171. The van der Waals surface area contributed by atoms with Crippen LogP contribution in [-0.2, 0) is 16.1 Å². The molecule has 2 heterocycles. The molecule has 2 aromatic heterocycles. The zero-order chi connectivity index (χ0) is 23.6. The third kappa shape index (κ3) is 11.5. The van der Waals surface area contributed by atoms with Crippen molar-refractivity contribution in [3.05, 3.63) is 12.7 Å². The number of esters is 1. The number of rotatable bonds is 20. The van der Waals surface area contributed by atoms with E-state index in [1.165, 1.54) is 96.2 Å². The lowest BCUT2D eigenvalue weighted by Crippen LogP contribution is -2.10. The van der Waals surface area contributed by atoms with E-state index in [4.69, 9.17) is 10.5 Å². The van der Waals surface area contributed by atoms with E-state index >= 15 is 0 Å². The van der Waals surface area contributed by atoms with Crippen LogP contribution < -0.4 is 5.73 Å². The predicted molar refractivity (Wildman–Crippen MR) is 135 cm³/mol. The second kappa shape index (κ2) is 17.3. The van der Waals surface area contributed by atoms with E-state index in [9.17, 15) is 4.79 Å². The maximum Gasteiger partial charge on any atom is 0.307 e. The average Bonchev–Trinajstić information content (AvgIpc) is 3.24. The minimum absolute atomic E-state index is 0.181. The van der Waals surface area contributed by atoms with Crippen molar-refractivity contribution in [3.63, 3.8) is 0 Å². The third-order valence-corrected chi connectivity index (χ3v) is 6.25. The number of aromatic nitrogens is 4. The zero-order valence-corrected chi connectivity index (χ0v) is 20.8. The van der Waals surface area contributed by atoms with Gasteiger partial charge in [-0.2, -0.15) is 0 Å². The number of fused-ring (bicyclic) bond motifs is 1. The van der Waals surface area contributed by atoms with E-state index in [2.05, 4.69) is 21.9 Å². The van der Waals surface area contributed by atoms with Crippen molar-refractivity contribution in [2.24, 2.45) is 0 Å². The number of hydrogen-bond donors (Lipinski definition) is 1. The Balaban J connectivity index is 1.35. The average molecular weight is 460 g/mol. The van der Waals surface area contributed by atoms with Crippen LogP contribution in [0.2, 0.25) is 0 Å². The van der Waals surface area contributed by atoms with Crippen LogP contribution in [-0.4, -0.2) is 32.1 Å². The van der Waals surface area contributed by atoms with Crippen molar-refractivity contribution in [2.75, 3.05) is 12.3 Å². The van der Waals surface area contributed by atoms with Crippen molar-refractivity contribution in [3.8, 4) is 0 Å². The Bertz CT molecular complexity index is 777. The topological polar surface area (TPSA) is 95.9 Å². The summed E-state index contributed by atoms with van der Waals surface area (Å²) >= 11 is 0. The molecule has 0 unspecified atom stereocenters. The van der Waals surface area contributed by atoms with Gasteiger partial charge >= 0.3 is 5.97 Å². The second-order valence-corrected chi connectivity index (χ2v) is 9.14. The summed E-state index contributed by atoms with van der Waals surface area (Å²) in [5.41, 5.74) is 7.00. The highest BCUT2D eigenvalue weighted by atomic mass is 16.5. The molecule has 0 aromatic carbocycles. The summed E-state index contributed by atoms with van der Waals surface area (Å²) in [7, 11) is 0. The fraction of sp³-hybridized carbons (Fsp3) is 0.769. The zero-order valence-electron chi connectivity index (χ0n) is 20.8. The summed E-state index contributed by atoms with van der Waals surface area (Å²) in [6.45, 7) is 3.27. The number of nitrogens with zero attached hydrogens (tertiary/aromatic N) is 4. The van der Waals surface area contributed by atoms with Gasteiger partial charge in [0.2, 0.25) is 0 Å². The standard InChI is InChI=1S/C26H45N5O2/c1-2-3-4-5-6-7-8-9-10-11-12-13-14-15-16-17-20-33-23(32)18-19-31-22-30-24-25(27)28-21-29-26(24)31/h21-22H,2-20H2,1H3,(H2,27,28,29). The molecule has 2 N–H and O–H groups in total. The molecule has 0 radical (unpaired) electrons. The van der Waals surface area contributed by atoms with Gasteiger partial charge in [-0.05, 0) is 6.42 Å². The molecule has 0 spiro atoms. The number of imidazole rings is 1. The van der Waals surface area contributed by atoms with Crippen LogP contribution in [0.25, 0.3) is 11.2 Å². The lowest BCUT2D eigenvalue weighted by atomic mass is 10.0. The summed E-state index contributed by atoms with van der Waals surface area (Å²) < 4.78 is 7.17. The first kappa shape index (κ1) is 27.1. The molecule has 7 heteroatoms. The van der Waals surface area contributed by atoms with E-state index in [0.29, 0.717) is 36.6 Å². The van der Waals surface area contributed by atoms with Gasteiger partial charge in [0.15, 0.2) is 11.5 Å². The van der Waals surface area contributed by atoms with Gasteiger partial charge < -0.3 is 15.0 Å². The molecule has 0 aliphatic carbocycles. The van der Waals surface area contributed by atoms with Gasteiger partial charge in [-0.1, -0.05) is 103 Å². The van der Waals surface area contributed by atoms with Crippen molar-refractivity contribution >= 4 is 23.0 Å². The molecule has 0 bridgehead atoms. The lowest BCUT2D eigenvalue weighted by Gasteiger charge is -2.06. The van der Waals surface area contributed by atoms with Crippen molar-refractivity contribution < 1.29 is 9.53 Å². The van der Waals surface area contributed by atoms with Gasteiger partial charge in [0.1, 0.15) is 11.8 Å². The number of nitrogen functional groups attached to an aromatic ring is 1. The highest BCUT2D eigenvalue weighted by Crippen LogP contribution is 2.15. The predicted octanol–water partition coefficient (Wildman–Crippen LogP) is 6.60. The monoisotopic (exact) mass is 459 g/mol. The number of carbonyl (C=O) groups is 1. The van der Waals surface area contributed by atoms with E-state index < -0.39 is 0 Å². The third-order valence-electron chi connectivity index (χ3n) is 6.25. The van der Waals surface area contributed by atoms with E-state index in [0.717, 1.165) is 12.8 Å². The molecule has 186 valence electrons. The van der Waals surface area contributed by atoms with Crippen molar-refractivity contribution in [1.29, 1.82) is 0 Å². The van der Waals surface area contributed by atoms with Gasteiger partial charge in [0.05, 0.1) is 19.4 Å². The van der Waals surface area contributed by atoms with E-state index in [1.807, 2.05) is 4.57 Å². The van der Waals surface area contributed by atoms with Crippen LogP contribution in [0.3, 0.4) is 0 Å². The number of carbonyl (C=O) groups excluding carboxylic acids is 1. The molecule has 0 saturated carbocycles. The number of ether oxygens (including phenoxy) is 1. The SMILES string of the molecule is CCCCCCCCCCCCCCCCCCOC(=O)CCn1cnc2c(N)ncnc21. The lowest BCUT2D eigenvalue weighted by molar-refractivity contribution is -0.144. The summed E-state index contributed by atoms with van der Waals surface area (Å²) in [6, 6.07) is 0. The summed E-state index contributed by atoms with van der Waals surface area (Å²) in [4.78, 5) is 24.3. The fourth-order valence-corrected chi connectivity index (χ4v) is 4.18. The van der Waals surface area contributed by atoms with Crippen LogP contribution in [0.15, 0.2) is 12.7 Å². The van der Waals surface area contributed by atoms with E-state index in [1.54, 1.807) is 6.33 Å². The highest BCUT2D eigenvalue weighted by molar-refractivity contribution is 5.81. The second-order valence-electron chi connectivity index (χ2n) is 9.14. The maximum absolute atomic E-state index is 12.0. The molecule has 2 aromatic rings. The summed E-state index contributed by atoms with van der Waals surface area (Å²) in [5, 5.41) is 0. The first-order chi connectivity index (χ1) is 16.2. The Hall–Kier alpha value is -2.18. The molecule has 0 saturated heterocycles. The quantitative estimate of drug-likeness (QED) is 0.177. The maximum atomic E-state index is 12.0. The molecular weight excluding hydrogens is 414 g/mol. The van der Waals surface area contributed by atoms with Crippen LogP contribution in [0, 0.1) is 0 Å². The first-order valence-electron chi connectivity index (χ1n) is 13.3. The number of anilines is 1. The summed E-state index contributed by atoms with van der Waals surface area (Å²) in [6.07, 6.45) is 24.8. The number of aryl methyl sites for hydroxylation is 1. The Labute approximate surface area is 199 Å². The van der Waals surface area contributed by atoms with Gasteiger partial charge in [-0.25, -0.2) is 15.0 Å². The van der Waals surface area contributed by atoms with E-state index in [-0.39, 0.29) is 5.97 Å². The number of unbranched alkanes of at least 4 members (excludes halogenated alkanes) is 15. The number of hydrogen-bond acceptors (Lipinski definition) is 6. The molecule has 0 amide bonds. The van der Waals surface area contributed by atoms with Crippen LogP contribution in [0.5, 0.6) is 0 Å². The van der Waals surface area contributed by atoms with Crippen LogP contribution in [0.4, 0.5) is 5.82 Å². The molecule has 7 nitrogen and oxygen atoms in total. The largest absolute Gasteiger partial charge is 0.466 e. The molecule has 2 rings (SSSR count). The minimum atomic E-state index is -0.181. The number of nitrogens with two attached hydrogens (primary N) is 1. The Kier molecular flexibility index (Phi) is 14.2.